The van der Waals surface area contributed by atoms with Crippen LogP contribution in [-0.2, 0) is 14.3 Å². The maximum absolute atomic E-state index is 14.0. The number of methoxy groups -OCH3 is 1. The van der Waals surface area contributed by atoms with E-state index in [9.17, 15) is 14.4 Å². The van der Waals surface area contributed by atoms with Gasteiger partial charge in [-0.3, -0.25) is 9.69 Å². The lowest BCUT2D eigenvalue weighted by molar-refractivity contribution is -0.125. The number of halogens is 1. The fourth-order valence-electron chi connectivity index (χ4n) is 4.12. The summed E-state index contributed by atoms with van der Waals surface area (Å²) in [5.74, 6) is -0.399. The number of nitriles is 1. The molecule has 0 spiro atoms. The molecule has 2 aliphatic heterocycles. The lowest BCUT2D eigenvalue weighted by Gasteiger charge is -2.35. The van der Waals surface area contributed by atoms with Crippen molar-refractivity contribution >= 4 is 11.4 Å². The summed E-state index contributed by atoms with van der Waals surface area (Å²) in [7, 11) is 1.49. The number of nitrogens with zero attached hydrogens (tertiary/aromatic N) is 3. The molecule has 0 saturated carbocycles. The first-order valence-electron chi connectivity index (χ1n) is 10.1. The second-order valence-electron chi connectivity index (χ2n) is 7.53. The third-order valence-electron chi connectivity index (χ3n) is 5.69. The number of Topliss-reactive ketones (excluding diaryl/α,β-unsaturated/α-hetero) is 1. The zero-order valence-electron chi connectivity index (χ0n) is 16.9. The van der Waals surface area contributed by atoms with Crippen LogP contribution in [0.5, 0.6) is 0 Å². The van der Waals surface area contributed by atoms with Crippen LogP contribution in [0.2, 0.25) is 0 Å². The Labute approximate surface area is 175 Å². The van der Waals surface area contributed by atoms with Crippen LogP contribution < -0.4 is 0 Å². The Morgan fingerprint density at radius 2 is 2.10 bits per heavy atom. The van der Waals surface area contributed by atoms with Crippen LogP contribution in [-0.4, -0.2) is 68.2 Å². The first-order chi connectivity index (χ1) is 14.6. The summed E-state index contributed by atoms with van der Waals surface area (Å²) in [6.45, 7) is 4.48. The fourth-order valence-corrected chi connectivity index (χ4v) is 4.12. The lowest BCUT2D eigenvalue weighted by Crippen LogP contribution is -2.41. The van der Waals surface area contributed by atoms with Crippen LogP contribution in [0.1, 0.15) is 12.0 Å². The number of hydrogen-bond donors (Lipinski definition) is 0. The van der Waals surface area contributed by atoms with Crippen molar-refractivity contribution in [1.29, 1.82) is 5.26 Å². The molecular formula is C23H24FN3O3. The van der Waals surface area contributed by atoms with Crippen molar-refractivity contribution < 1.29 is 18.7 Å². The van der Waals surface area contributed by atoms with E-state index in [1.807, 2.05) is 11.1 Å². The molecule has 30 heavy (non-hydrogen) atoms. The number of hydrogen-bond acceptors (Lipinski definition) is 6. The monoisotopic (exact) mass is 409 g/mol. The summed E-state index contributed by atoms with van der Waals surface area (Å²) in [6.07, 6.45) is 3.18. The van der Waals surface area contributed by atoms with Gasteiger partial charge in [0.1, 0.15) is 23.7 Å². The van der Waals surface area contributed by atoms with E-state index in [4.69, 9.17) is 9.47 Å². The third kappa shape index (κ3) is 4.08. The quantitative estimate of drug-likeness (QED) is 0.745. The molecule has 0 amide bonds. The van der Waals surface area contributed by atoms with Crippen molar-refractivity contribution in [2.24, 2.45) is 0 Å². The van der Waals surface area contributed by atoms with Crippen molar-refractivity contribution in [2.75, 3.05) is 46.5 Å². The molecule has 1 aromatic carbocycles. The van der Waals surface area contributed by atoms with Crippen LogP contribution >= 0.6 is 0 Å². The molecule has 0 N–H and O–H groups in total. The number of allylic oxidation sites excluding steroid dienone is 4. The topological polar surface area (TPSA) is 65.8 Å². The minimum Gasteiger partial charge on any atom is -0.379 e. The van der Waals surface area contributed by atoms with Gasteiger partial charge >= 0.3 is 0 Å². The van der Waals surface area contributed by atoms with E-state index in [0.29, 0.717) is 36.6 Å². The number of carbonyl (C=O) groups is 1. The van der Waals surface area contributed by atoms with Gasteiger partial charge in [0.05, 0.1) is 13.2 Å². The molecule has 1 atom stereocenters. The minimum absolute atomic E-state index is 0.0281. The molecule has 0 radical (unpaired) electrons. The Morgan fingerprint density at radius 3 is 2.80 bits per heavy atom. The van der Waals surface area contributed by atoms with E-state index < -0.39 is 6.10 Å². The van der Waals surface area contributed by atoms with Crippen LogP contribution in [0.15, 0.2) is 53.4 Å². The molecule has 0 aromatic heterocycles. The molecule has 2 heterocycles. The highest BCUT2D eigenvalue weighted by atomic mass is 19.1. The maximum atomic E-state index is 14.0. The highest BCUT2D eigenvalue weighted by Crippen LogP contribution is 2.41. The number of ether oxygens (including phenoxy) is 2. The average Bonchev–Trinajstić information content (AvgIpc) is 2.76. The molecule has 4 rings (SSSR count). The van der Waals surface area contributed by atoms with E-state index in [1.54, 1.807) is 18.2 Å². The second kappa shape index (κ2) is 8.92. The van der Waals surface area contributed by atoms with Gasteiger partial charge in [-0.25, -0.2) is 4.39 Å². The van der Waals surface area contributed by atoms with E-state index in [-0.39, 0.29) is 18.0 Å². The summed E-state index contributed by atoms with van der Waals surface area (Å²) in [4.78, 5) is 16.6. The number of ketones is 1. The SMILES string of the molecule is COC1C=C2C(=CN(CCN3CCOCC3)C(C#N)=C2c2cccc(F)c2)CC1=O. The Balaban J connectivity index is 1.75. The molecule has 7 heteroatoms. The number of morpholine rings is 1. The van der Waals surface area contributed by atoms with Gasteiger partial charge in [0.25, 0.3) is 0 Å². The Morgan fingerprint density at radius 1 is 1.30 bits per heavy atom. The third-order valence-corrected chi connectivity index (χ3v) is 5.69. The van der Waals surface area contributed by atoms with Crippen molar-refractivity contribution in [2.45, 2.75) is 12.5 Å². The fraction of sp³-hybridized carbons (Fsp3) is 0.391. The molecule has 1 saturated heterocycles. The van der Waals surface area contributed by atoms with Gasteiger partial charge in [-0.2, -0.15) is 5.26 Å². The summed E-state index contributed by atoms with van der Waals surface area (Å²) in [5, 5.41) is 10.0. The molecule has 3 aliphatic rings. The van der Waals surface area contributed by atoms with Gasteiger partial charge in [0.2, 0.25) is 0 Å². The molecule has 1 aromatic rings. The highest BCUT2D eigenvalue weighted by molar-refractivity contribution is 5.98. The standard InChI is InChI=1S/C23H24FN3O3/c1-29-22-13-19-17(12-21(22)28)15-27(6-5-26-7-9-30-10-8-26)20(14-25)23(19)16-3-2-4-18(24)11-16/h2-4,11,13,15,22H,5-10,12H2,1H3. The zero-order valence-corrected chi connectivity index (χ0v) is 16.9. The molecular weight excluding hydrogens is 385 g/mol. The predicted molar refractivity (Wildman–Crippen MR) is 109 cm³/mol. The van der Waals surface area contributed by atoms with E-state index >= 15 is 0 Å². The average molecular weight is 409 g/mol. The van der Waals surface area contributed by atoms with Crippen molar-refractivity contribution in [1.82, 2.24) is 9.80 Å². The zero-order chi connectivity index (χ0) is 21.1. The Bertz CT molecular complexity index is 970. The first-order valence-corrected chi connectivity index (χ1v) is 10.1. The highest BCUT2D eigenvalue weighted by Gasteiger charge is 2.33. The van der Waals surface area contributed by atoms with Crippen molar-refractivity contribution in [3.05, 3.63) is 64.8 Å². The first kappa shape index (κ1) is 20.5. The van der Waals surface area contributed by atoms with Gasteiger partial charge in [0.15, 0.2) is 5.78 Å². The van der Waals surface area contributed by atoms with E-state index in [0.717, 1.165) is 30.8 Å². The summed E-state index contributed by atoms with van der Waals surface area (Å²) in [5.41, 5.74) is 3.31. The molecule has 156 valence electrons. The van der Waals surface area contributed by atoms with Crippen molar-refractivity contribution in [3.8, 4) is 6.07 Å². The number of benzene rings is 1. The Hall–Kier alpha value is -2.79. The van der Waals surface area contributed by atoms with Crippen molar-refractivity contribution in [3.63, 3.8) is 0 Å². The van der Waals surface area contributed by atoms with Gasteiger partial charge in [-0.15, -0.1) is 0 Å². The Kier molecular flexibility index (Phi) is 6.09. The van der Waals surface area contributed by atoms with Crippen LogP contribution in [0.25, 0.3) is 5.57 Å². The number of rotatable bonds is 5. The summed E-state index contributed by atoms with van der Waals surface area (Å²) in [6, 6.07) is 8.54. The van der Waals surface area contributed by atoms with Gasteiger partial charge in [0, 0.05) is 51.5 Å². The molecule has 0 bridgehead atoms. The van der Waals surface area contributed by atoms with Crippen LogP contribution in [0, 0.1) is 17.1 Å². The van der Waals surface area contributed by atoms with Gasteiger partial charge in [-0.1, -0.05) is 12.1 Å². The lowest BCUT2D eigenvalue weighted by atomic mass is 9.81. The number of carbonyl (C=O) groups excluding carboxylic acids is 1. The van der Waals surface area contributed by atoms with Gasteiger partial charge < -0.3 is 14.4 Å². The largest absolute Gasteiger partial charge is 0.379 e. The molecule has 1 aliphatic carbocycles. The molecule has 6 nitrogen and oxygen atoms in total. The van der Waals surface area contributed by atoms with Gasteiger partial charge in [-0.05, 0) is 34.9 Å². The molecule has 1 fully saturated rings. The molecule has 1 unspecified atom stereocenters. The van der Waals surface area contributed by atoms with E-state index in [1.165, 1.54) is 19.2 Å². The summed E-state index contributed by atoms with van der Waals surface area (Å²) < 4.78 is 24.7. The smallest absolute Gasteiger partial charge is 0.169 e. The van der Waals surface area contributed by atoms with Crippen LogP contribution in [0.3, 0.4) is 0 Å². The predicted octanol–water partition coefficient (Wildman–Crippen LogP) is 2.51. The minimum atomic E-state index is -0.666. The van der Waals surface area contributed by atoms with Crippen LogP contribution in [0.4, 0.5) is 4.39 Å². The normalized spacial score (nSPS) is 22.4. The maximum Gasteiger partial charge on any atom is 0.169 e. The number of fused-ring (bicyclic) bond motifs is 1. The summed E-state index contributed by atoms with van der Waals surface area (Å²) >= 11 is 0. The second-order valence-corrected chi connectivity index (χ2v) is 7.53. The van der Waals surface area contributed by atoms with E-state index in [2.05, 4.69) is 11.0 Å².